The van der Waals surface area contributed by atoms with Gasteiger partial charge in [0.25, 0.3) is 0 Å². The van der Waals surface area contributed by atoms with Gasteiger partial charge in [-0.15, -0.1) is 0 Å². The second-order valence-electron chi connectivity index (χ2n) is 2.48. The molecule has 0 spiro atoms. The summed E-state index contributed by atoms with van der Waals surface area (Å²) in [4.78, 5) is 20.8. The minimum absolute atomic E-state index is 0.0874. The van der Waals surface area contributed by atoms with Crippen molar-refractivity contribution in [2.75, 3.05) is 6.54 Å². The summed E-state index contributed by atoms with van der Waals surface area (Å²) in [5.41, 5.74) is 0. The Morgan fingerprint density at radius 1 is 1.62 bits per heavy atom. The third-order valence-corrected chi connectivity index (χ3v) is 1.23. The first-order valence-electron chi connectivity index (χ1n) is 3.63. The van der Waals surface area contributed by atoms with Crippen LogP contribution in [0.1, 0.15) is 0 Å². The first kappa shape index (κ1) is 12.0. The van der Waals surface area contributed by atoms with E-state index in [1.54, 1.807) is 0 Å². The number of nitrogens with one attached hydrogen (secondary N) is 2. The molecule has 0 heterocycles. The second-order valence-corrected chi connectivity index (χ2v) is 2.48. The minimum atomic E-state index is -1.22. The summed E-state index contributed by atoms with van der Waals surface area (Å²) in [6, 6.07) is -1.13. The molecule has 0 rings (SSSR count). The van der Waals surface area contributed by atoms with Gasteiger partial charge >= 0.3 is 13.0 Å². The Kier molecular flexibility index (Phi) is 5.17. The highest BCUT2D eigenvalue weighted by atomic mass is 16.4. The standard InChI is InChI=1S/C5H10B2N2O4/c1-7(13)8-2-3(4(10)11)9-5(6)12/h3,8,13H,2H2,1H3,(H,9,12)(H,10,11)/t3-/m1/s1. The monoisotopic (exact) mass is 184 g/mol. The van der Waals surface area contributed by atoms with E-state index in [0.29, 0.717) is 0 Å². The Labute approximate surface area is 77.2 Å². The summed E-state index contributed by atoms with van der Waals surface area (Å²) < 4.78 is 0. The van der Waals surface area contributed by atoms with Crippen LogP contribution in [-0.4, -0.2) is 49.4 Å². The van der Waals surface area contributed by atoms with Gasteiger partial charge in [-0.05, 0) is 6.82 Å². The SMILES string of the molecule is [B]C(=O)N[C@H](CNB(C)O)C(=O)O. The van der Waals surface area contributed by atoms with E-state index in [-0.39, 0.29) is 6.54 Å². The Bertz CT molecular complexity index is 199. The molecule has 13 heavy (non-hydrogen) atoms. The first-order valence-corrected chi connectivity index (χ1v) is 3.63. The van der Waals surface area contributed by atoms with Crippen LogP contribution in [0.2, 0.25) is 6.82 Å². The fraction of sp³-hybridized carbons (Fsp3) is 0.600. The third kappa shape index (κ3) is 6.18. The van der Waals surface area contributed by atoms with Gasteiger partial charge in [-0.25, -0.2) is 4.79 Å². The fourth-order valence-electron chi connectivity index (χ4n) is 0.660. The summed E-state index contributed by atoms with van der Waals surface area (Å²) >= 11 is 0. The summed E-state index contributed by atoms with van der Waals surface area (Å²) in [5, 5.41) is 21.7. The number of aliphatic carboxylic acids is 1. The predicted octanol–water partition coefficient (Wildman–Crippen LogP) is -1.98. The molecule has 4 N–H and O–H groups in total. The van der Waals surface area contributed by atoms with E-state index in [9.17, 15) is 9.59 Å². The summed E-state index contributed by atoms with van der Waals surface area (Å²) in [7, 11) is 3.90. The van der Waals surface area contributed by atoms with E-state index >= 15 is 0 Å². The van der Waals surface area contributed by atoms with Gasteiger partial charge in [-0.3, -0.25) is 4.79 Å². The number of hydrogen-bond acceptors (Lipinski definition) is 4. The molecule has 0 aromatic carbocycles. The smallest absolute Gasteiger partial charge is 0.373 e. The molecule has 2 radical (unpaired) electrons. The number of amides is 1. The highest BCUT2D eigenvalue weighted by Gasteiger charge is 2.18. The van der Waals surface area contributed by atoms with Crippen LogP contribution < -0.4 is 10.5 Å². The lowest BCUT2D eigenvalue weighted by atomic mass is 9.88. The highest BCUT2D eigenvalue weighted by molar-refractivity contribution is 6.57. The molecule has 1 atom stereocenters. The molecule has 0 bridgehead atoms. The lowest BCUT2D eigenvalue weighted by Crippen LogP contribution is -2.49. The van der Waals surface area contributed by atoms with Crippen LogP contribution in [0.3, 0.4) is 0 Å². The van der Waals surface area contributed by atoms with Gasteiger partial charge in [0, 0.05) is 6.54 Å². The number of carboxylic acids is 1. The largest absolute Gasteiger partial charge is 0.480 e. The normalized spacial score (nSPS) is 11.8. The lowest BCUT2D eigenvalue weighted by molar-refractivity contribution is -0.138. The van der Waals surface area contributed by atoms with Gasteiger partial charge < -0.3 is 20.7 Å². The van der Waals surface area contributed by atoms with Gasteiger partial charge in [0.05, 0.1) is 0 Å². The van der Waals surface area contributed by atoms with Gasteiger partial charge in [0.1, 0.15) is 6.04 Å². The summed E-state index contributed by atoms with van der Waals surface area (Å²) in [5.74, 6) is -2.13. The molecule has 0 saturated carbocycles. The van der Waals surface area contributed by atoms with Gasteiger partial charge in [-0.2, -0.15) is 0 Å². The van der Waals surface area contributed by atoms with Crippen LogP contribution in [0.25, 0.3) is 0 Å². The van der Waals surface area contributed by atoms with Crippen molar-refractivity contribution in [1.82, 2.24) is 10.5 Å². The third-order valence-electron chi connectivity index (χ3n) is 1.23. The number of hydrogen-bond donors (Lipinski definition) is 4. The van der Waals surface area contributed by atoms with E-state index in [4.69, 9.17) is 18.0 Å². The molecule has 0 fully saturated rings. The van der Waals surface area contributed by atoms with E-state index in [1.807, 2.05) is 5.32 Å². The van der Waals surface area contributed by atoms with E-state index in [1.165, 1.54) is 6.82 Å². The zero-order valence-electron chi connectivity index (χ0n) is 7.15. The van der Waals surface area contributed by atoms with E-state index in [2.05, 4.69) is 5.23 Å². The fourth-order valence-corrected chi connectivity index (χ4v) is 0.660. The van der Waals surface area contributed by atoms with Crippen LogP contribution in [-0.2, 0) is 4.79 Å². The van der Waals surface area contributed by atoms with Crippen molar-refractivity contribution in [3.8, 4) is 0 Å². The van der Waals surface area contributed by atoms with Crippen molar-refractivity contribution >= 4 is 26.7 Å². The average Bonchev–Trinajstić information content (AvgIpc) is 1.96. The molecular formula is C5H10B2N2O4. The number of carbonyl (C=O) groups excluding carboxylic acids is 1. The molecule has 0 unspecified atom stereocenters. The Morgan fingerprint density at radius 3 is 2.46 bits per heavy atom. The molecule has 0 aliphatic rings. The quantitative estimate of drug-likeness (QED) is 0.371. The topological polar surface area (TPSA) is 98.7 Å². The van der Waals surface area contributed by atoms with Crippen molar-refractivity contribution in [2.45, 2.75) is 12.9 Å². The zero-order chi connectivity index (χ0) is 10.4. The summed E-state index contributed by atoms with van der Waals surface area (Å²) in [6.45, 7) is 1.35. The Morgan fingerprint density at radius 2 is 2.15 bits per heavy atom. The van der Waals surface area contributed by atoms with Crippen LogP contribution in [0.5, 0.6) is 0 Å². The van der Waals surface area contributed by atoms with Crippen molar-refractivity contribution in [2.24, 2.45) is 0 Å². The minimum Gasteiger partial charge on any atom is -0.480 e. The molecule has 0 aliphatic heterocycles. The first-order chi connectivity index (χ1) is 5.93. The predicted molar refractivity (Wildman–Crippen MR) is 47.5 cm³/mol. The molecule has 8 heteroatoms. The van der Waals surface area contributed by atoms with Crippen molar-refractivity contribution in [1.29, 1.82) is 0 Å². The van der Waals surface area contributed by atoms with Crippen LogP contribution in [0.15, 0.2) is 0 Å². The van der Waals surface area contributed by atoms with Crippen molar-refractivity contribution < 1.29 is 19.7 Å². The van der Waals surface area contributed by atoms with Crippen molar-refractivity contribution in [3.05, 3.63) is 0 Å². The molecule has 0 aromatic heterocycles. The number of rotatable bonds is 5. The molecule has 70 valence electrons. The zero-order valence-corrected chi connectivity index (χ0v) is 7.15. The number of carbonyl (C=O) groups is 2. The molecule has 0 aromatic rings. The number of carboxylic acid groups (broad SMARTS) is 1. The molecular weight excluding hydrogens is 174 g/mol. The van der Waals surface area contributed by atoms with E-state index in [0.717, 1.165) is 0 Å². The van der Waals surface area contributed by atoms with Gasteiger partial charge in [-0.1, -0.05) is 0 Å². The maximum Gasteiger partial charge on any atom is 0.373 e. The van der Waals surface area contributed by atoms with Crippen molar-refractivity contribution in [3.63, 3.8) is 0 Å². The molecule has 1 amide bonds. The Balaban J connectivity index is 3.95. The second kappa shape index (κ2) is 5.60. The van der Waals surface area contributed by atoms with E-state index < -0.39 is 24.9 Å². The van der Waals surface area contributed by atoms with Crippen LogP contribution >= 0.6 is 0 Å². The van der Waals surface area contributed by atoms with Gasteiger partial charge in [0.2, 0.25) is 7.85 Å². The summed E-state index contributed by atoms with van der Waals surface area (Å²) in [6.07, 6.45) is 0. The molecule has 0 saturated heterocycles. The molecule has 0 aliphatic carbocycles. The highest BCUT2D eigenvalue weighted by Crippen LogP contribution is 1.82. The molecule has 6 nitrogen and oxygen atoms in total. The van der Waals surface area contributed by atoms with Crippen LogP contribution in [0, 0.1) is 0 Å². The Hall–Kier alpha value is -1.01. The van der Waals surface area contributed by atoms with Gasteiger partial charge in [0.15, 0.2) is 5.81 Å². The van der Waals surface area contributed by atoms with Crippen LogP contribution in [0.4, 0.5) is 4.79 Å². The average molecular weight is 184 g/mol. The maximum absolute atomic E-state index is 10.5. The lowest BCUT2D eigenvalue weighted by Gasteiger charge is -2.14. The maximum atomic E-state index is 10.5.